The zero-order valence-corrected chi connectivity index (χ0v) is 13.9. The standard InChI is InChI=1S/C16H14N4O4S/c17-6-9-4-12(21)14(18-7-9)15-19-10(8-25-15)5-13(22)20-3-1-2-11(20)16(23)24/h4,7-8,11,21H,1-3,5H2,(H,23,24)/t11-/m0/s1. The molecule has 0 unspecified atom stereocenters. The van der Waals surface area contributed by atoms with E-state index in [4.69, 9.17) is 10.4 Å². The van der Waals surface area contributed by atoms with Crippen LogP contribution in [0.15, 0.2) is 17.6 Å². The lowest BCUT2D eigenvalue weighted by Crippen LogP contribution is -2.41. The summed E-state index contributed by atoms with van der Waals surface area (Å²) >= 11 is 1.22. The fourth-order valence-electron chi connectivity index (χ4n) is 2.75. The molecule has 1 amide bonds. The van der Waals surface area contributed by atoms with Crippen LogP contribution in [0.4, 0.5) is 0 Å². The number of hydrogen-bond acceptors (Lipinski definition) is 7. The Kier molecular flexibility index (Phi) is 4.63. The van der Waals surface area contributed by atoms with Crippen molar-refractivity contribution in [2.75, 3.05) is 6.54 Å². The first-order chi connectivity index (χ1) is 12.0. The van der Waals surface area contributed by atoms with Crippen LogP contribution >= 0.6 is 11.3 Å². The summed E-state index contributed by atoms with van der Waals surface area (Å²) < 4.78 is 0. The fraction of sp³-hybridized carbons (Fsp3) is 0.312. The Bertz CT molecular complexity index is 873. The van der Waals surface area contributed by atoms with Crippen LogP contribution in [-0.2, 0) is 16.0 Å². The van der Waals surface area contributed by atoms with E-state index in [-0.39, 0.29) is 29.3 Å². The topological polar surface area (TPSA) is 127 Å². The molecule has 3 rings (SSSR count). The van der Waals surface area contributed by atoms with Crippen molar-refractivity contribution in [3.63, 3.8) is 0 Å². The average molecular weight is 358 g/mol. The van der Waals surface area contributed by atoms with Gasteiger partial charge in [0.1, 0.15) is 28.6 Å². The zero-order valence-electron chi connectivity index (χ0n) is 13.0. The van der Waals surface area contributed by atoms with Crippen molar-refractivity contribution < 1.29 is 19.8 Å². The molecule has 0 saturated carbocycles. The largest absolute Gasteiger partial charge is 0.506 e. The van der Waals surface area contributed by atoms with Crippen LogP contribution in [0.25, 0.3) is 10.7 Å². The van der Waals surface area contributed by atoms with Gasteiger partial charge in [-0.3, -0.25) is 4.79 Å². The summed E-state index contributed by atoms with van der Waals surface area (Å²) in [5.41, 5.74) is 0.973. The van der Waals surface area contributed by atoms with Crippen molar-refractivity contribution in [2.45, 2.75) is 25.3 Å². The van der Waals surface area contributed by atoms with Gasteiger partial charge in [0, 0.05) is 24.2 Å². The molecule has 1 aliphatic heterocycles. The summed E-state index contributed by atoms with van der Waals surface area (Å²) in [6.45, 7) is 0.435. The molecule has 0 bridgehead atoms. The van der Waals surface area contributed by atoms with Crippen molar-refractivity contribution in [3.8, 4) is 22.5 Å². The molecule has 0 radical (unpaired) electrons. The molecular weight excluding hydrogens is 344 g/mol. The van der Waals surface area contributed by atoms with Gasteiger partial charge in [-0.05, 0) is 12.8 Å². The summed E-state index contributed by atoms with van der Waals surface area (Å²) in [6.07, 6.45) is 2.47. The lowest BCUT2D eigenvalue weighted by Gasteiger charge is -2.20. The average Bonchev–Trinajstić information content (AvgIpc) is 3.23. The summed E-state index contributed by atoms with van der Waals surface area (Å²) in [6, 6.07) is 2.42. The van der Waals surface area contributed by atoms with Gasteiger partial charge in [-0.15, -0.1) is 11.3 Å². The van der Waals surface area contributed by atoms with E-state index in [0.29, 0.717) is 30.1 Å². The van der Waals surface area contributed by atoms with Crippen LogP contribution in [0, 0.1) is 11.3 Å². The number of carbonyl (C=O) groups is 2. The Morgan fingerprint density at radius 1 is 1.48 bits per heavy atom. The Hall–Kier alpha value is -2.99. The molecule has 0 aliphatic carbocycles. The van der Waals surface area contributed by atoms with Gasteiger partial charge in [-0.1, -0.05) is 0 Å². The van der Waals surface area contributed by atoms with E-state index < -0.39 is 12.0 Å². The van der Waals surface area contributed by atoms with Crippen LogP contribution in [-0.4, -0.2) is 49.5 Å². The van der Waals surface area contributed by atoms with Crippen LogP contribution in [0.3, 0.4) is 0 Å². The summed E-state index contributed by atoms with van der Waals surface area (Å²) in [5, 5.41) is 30.0. The molecule has 0 aromatic carbocycles. The number of nitriles is 1. The van der Waals surface area contributed by atoms with Crippen molar-refractivity contribution in [1.29, 1.82) is 5.26 Å². The lowest BCUT2D eigenvalue weighted by atomic mass is 10.2. The van der Waals surface area contributed by atoms with E-state index in [0.717, 1.165) is 0 Å². The normalized spacial score (nSPS) is 16.6. The highest BCUT2D eigenvalue weighted by Crippen LogP contribution is 2.30. The predicted molar refractivity (Wildman–Crippen MR) is 87.8 cm³/mol. The van der Waals surface area contributed by atoms with Crippen LogP contribution in [0.1, 0.15) is 24.1 Å². The number of aromatic nitrogens is 2. The molecule has 2 aromatic heterocycles. The highest BCUT2D eigenvalue weighted by molar-refractivity contribution is 7.13. The molecule has 25 heavy (non-hydrogen) atoms. The highest BCUT2D eigenvalue weighted by Gasteiger charge is 2.34. The molecule has 1 aliphatic rings. The third-order valence-corrected chi connectivity index (χ3v) is 4.84. The maximum Gasteiger partial charge on any atom is 0.326 e. The van der Waals surface area contributed by atoms with E-state index in [1.165, 1.54) is 28.5 Å². The first-order valence-electron chi connectivity index (χ1n) is 7.55. The number of nitrogens with zero attached hydrogens (tertiary/aromatic N) is 4. The molecular formula is C16H14N4O4S. The Morgan fingerprint density at radius 3 is 2.96 bits per heavy atom. The van der Waals surface area contributed by atoms with E-state index in [2.05, 4.69) is 9.97 Å². The number of carbonyl (C=O) groups excluding carboxylic acids is 1. The Labute approximate surface area is 147 Å². The number of carboxylic acid groups (broad SMARTS) is 1. The number of aliphatic carboxylic acids is 1. The quantitative estimate of drug-likeness (QED) is 0.845. The second-order valence-corrected chi connectivity index (χ2v) is 6.47. The van der Waals surface area contributed by atoms with Gasteiger partial charge in [0.25, 0.3) is 0 Å². The molecule has 2 aromatic rings. The predicted octanol–water partition coefficient (Wildman–Crippen LogP) is 1.40. The van der Waals surface area contributed by atoms with Gasteiger partial charge in [0.2, 0.25) is 5.91 Å². The molecule has 2 N–H and O–H groups in total. The molecule has 1 saturated heterocycles. The van der Waals surface area contributed by atoms with E-state index in [1.807, 2.05) is 6.07 Å². The SMILES string of the molecule is N#Cc1cnc(-c2nc(CC(=O)N3CCC[C@H]3C(=O)O)cs2)c(O)c1. The minimum Gasteiger partial charge on any atom is -0.506 e. The van der Waals surface area contributed by atoms with Crippen molar-refractivity contribution in [1.82, 2.24) is 14.9 Å². The molecule has 3 heterocycles. The van der Waals surface area contributed by atoms with Gasteiger partial charge in [0.05, 0.1) is 17.7 Å². The second kappa shape index (κ2) is 6.86. The third-order valence-electron chi connectivity index (χ3n) is 3.94. The molecule has 1 fully saturated rings. The molecule has 128 valence electrons. The van der Waals surface area contributed by atoms with Crippen molar-refractivity contribution in [2.24, 2.45) is 0 Å². The zero-order chi connectivity index (χ0) is 18.0. The maximum atomic E-state index is 12.4. The number of aromatic hydroxyl groups is 1. The Morgan fingerprint density at radius 2 is 2.28 bits per heavy atom. The molecule has 9 heteroatoms. The number of thiazole rings is 1. The number of likely N-dealkylation sites (tertiary alicyclic amines) is 1. The van der Waals surface area contributed by atoms with Crippen LogP contribution in [0.5, 0.6) is 5.75 Å². The van der Waals surface area contributed by atoms with Crippen molar-refractivity contribution >= 4 is 23.2 Å². The molecule has 8 nitrogen and oxygen atoms in total. The summed E-state index contributed by atoms with van der Waals surface area (Å²) in [7, 11) is 0. The van der Waals surface area contributed by atoms with Gasteiger partial charge in [-0.2, -0.15) is 5.26 Å². The molecule has 0 spiro atoms. The Balaban J connectivity index is 1.75. The molecule has 1 atom stereocenters. The van der Waals surface area contributed by atoms with Crippen LogP contribution < -0.4 is 0 Å². The smallest absolute Gasteiger partial charge is 0.326 e. The maximum absolute atomic E-state index is 12.4. The third kappa shape index (κ3) is 3.44. The van der Waals surface area contributed by atoms with E-state index in [1.54, 1.807) is 5.38 Å². The minimum atomic E-state index is -0.989. The van der Waals surface area contributed by atoms with Gasteiger partial charge in [-0.25, -0.2) is 14.8 Å². The monoisotopic (exact) mass is 358 g/mol. The first-order valence-corrected chi connectivity index (χ1v) is 8.43. The number of rotatable bonds is 4. The number of amides is 1. The second-order valence-electron chi connectivity index (χ2n) is 5.61. The van der Waals surface area contributed by atoms with E-state index in [9.17, 15) is 14.7 Å². The summed E-state index contributed by atoms with van der Waals surface area (Å²) in [4.78, 5) is 33.2. The highest BCUT2D eigenvalue weighted by atomic mass is 32.1. The summed E-state index contributed by atoms with van der Waals surface area (Å²) in [5.74, 6) is -1.42. The van der Waals surface area contributed by atoms with Crippen molar-refractivity contribution in [3.05, 3.63) is 28.9 Å². The van der Waals surface area contributed by atoms with E-state index >= 15 is 0 Å². The van der Waals surface area contributed by atoms with Gasteiger partial charge < -0.3 is 15.1 Å². The first kappa shape index (κ1) is 16.9. The number of carboxylic acids is 1. The number of pyridine rings is 1. The number of hydrogen-bond donors (Lipinski definition) is 2. The van der Waals surface area contributed by atoms with Gasteiger partial charge >= 0.3 is 5.97 Å². The lowest BCUT2D eigenvalue weighted by molar-refractivity contribution is -0.148. The van der Waals surface area contributed by atoms with Gasteiger partial charge in [0.15, 0.2) is 0 Å². The fourth-order valence-corrected chi connectivity index (χ4v) is 3.58. The van der Waals surface area contributed by atoms with Crippen LogP contribution in [0.2, 0.25) is 0 Å². The minimum absolute atomic E-state index is 0.00266.